The number of aromatic nitrogens is 5. The maximum atomic E-state index is 4.34. The van der Waals surface area contributed by atoms with Gasteiger partial charge in [0.2, 0.25) is 5.82 Å². The molecule has 5 heteroatoms. The van der Waals surface area contributed by atoms with Crippen molar-refractivity contribution in [3.63, 3.8) is 0 Å². The minimum Gasteiger partial charge on any atom is -0.253 e. The number of hydrogen-bond acceptors (Lipinski definition) is 4. The lowest BCUT2D eigenvalue weighted by Crippen LogP contribution is -2.03. The number of nitrogens with zero attached hydrogens (tertiary/aromatic N) is 5. The van der Waals surface area contributed by atoms with Crippen molar-refractivity contribution in [3.05, 3.63) is 24.4 Å². The molecular weight excluding hydrogens is 358 g/mol. The molecule has 0 fully saturated rings. The highest BCUT2D eigenvalue weighted by atomic mass is 15.5. The third kappa shape index (κ3) is 10.5. The third-order valence-electron chi connectivity index (χ3n) is 5.65. The van der Waals surface area contributed by atoms with Crippen LogP contribution in [0.3, 0.4) is 0 Å². The van der Waals surface area contributed by atoms with Crippen LogP contribution < -0.4 is 0 Å². The Morgan fingerprint density at radius 3 is 1.76 bits per heavy atom. The quantitative estimate of drug-likeness (QED) is 0.253. The van der Waals surface area contributed by atoms with E-state index in [9.17, 15) is 0 Å². The smallest absolute Gasteiger partial charge is 0.200 e. The summed E-state index contributed by atoms with van der Waals surface area (Å²) < 4.78 is 1.88. The van der Waals surface area contributed by atoms with Gasteiger partial charge in [0.1, 0.15) is 5.69 Å². The van der Waals surface area contributed by atoms with E-state index in [1.807, 2.05) is 22.9 Å². The SMILES string of the molecule is CCCCCCCCCCCCCCCCCCn1nnnc1-c1ccccn1. The largest absolute Gasteiger partial charge is 0.253 e. The van der Waals surface area contributed by atoms with Crippen molar-refractivity contribution in [1.29, 1.82) is 0 Å². The molecule has 0 atom stereocenters. The van der Waals surface area contributed by atoms with Crippen LogP contribution in [0.4, 0.5) is 0 Å². The van der Waals surface area contributed by atoms with Crippen LogP contribution in [0.5, 0.6) is 0 Å². The molecule has 2 rings (SSSR count). The van der Waals surface area contributed by atoms with Crippen molar-refractivity contribution < 1.29 is 0 Å². The normalized spacial score (nSPS) is 11.2. The second-order valence-corrected chi connectivity index (χ2v) is 8.24. The van der Waals surface area contributed by atoms with E-state index in [0.29, 0.717) is 0 Å². The fraction of sp³-hybridized carbons (Fsp3) is 0.750. The number of tetrazole rings is 1. The Labute approximate surface area is 177 Å². The monoisotopic (exact) mass is 399 g/mol. The maximum absolute atomic E-state index is 4.34. The Balaban J connectivity index is 1.38. The lowest BCUT2D eigenvalue weighted by Gasteiger charge is -2.05. The number of unbranched alkanes of at least 4 members (excludes halogenated alkanes) is 15. The van der Waals surface area contributed by atoms with Gasteiger partial charge in [-0.05, 0) is 29.0 Å². The first-order valence-corrected chi connectivity index (χ1v) is 12.1. The Kier molecular flexibility index (Phi) is 13.0. The molecule has 5 nitrogen and oxygen atoms in total. The molecular formula is C24H41N5. The van der Waals surface area contributed by atoms with E-state index in [1.165, 1.54) is 96.3 Å². The molecule has 29 heavy (non-hydrogen) atoms. The summed E-state index contributed by atoms with van der Waals surface area (Å²) in [6.07, 6.45) is 24.0. The van der Waals surface area contributed by atoms with Crippen molar-refractivity contribution in [3.8, 4) is 11.5 Å². The van der Waals surface area contributed by atoms with Gasteiger partial charge < -0.3 is 0 Å². The van der Waals surface area contributed by atoms with E-state index in [-0.39, 0.29) is 0 Å². The summed E-state index contributed by atoms with van der Waals surface area (Å²) in [4.78, 5) is 4.34. The molecule has 2 aromatic rings. The van der Waals surface area contributed by atoms with Gasteiger partial charge >= 0.3 is 0 Å². The highest BCUT2D eigenvalue weighted by Gasteiger charge is 2.08. The molecule has 0 aliphatic carbocycles. The van der Waals surface area contributed by atoms with Gasteiger partial charge in [-0.1, -0.05) is 109 Å². The predicted octanol–water partition coefficient (Wildman–Crippen LogP) is 7.00. The van der Waals surface area contributed by atoms with E-state index in [4.69, 9.17) is 0 Å². The lowest BCUT2D eigenvalue weighted by molar-refractivity contribution is 0.505. The maximum Gasteiger partial charge on any atom is 0.200 e. The predicted molar refractivity (Wildman–Crippen MR) is 121 cm³/mol. The standard InChI is InChI=1S/C24H41N5/c1-2-3-4-5-6-7-8-9-10-11-12-13-14-15-16-19-22-29-24(26-27-28-29)23-20-17-18-21-25-23/h17-18,20-21H,2-16,19,22H2,1H3. The van der Waals surface area contributed by atoms with E-state index < -0.39 is 0 Å². The van der Waals surface area contributed by atoms with Gasteiger partial charge in [0.15, 0.2) is 0 Å². The van der Waals surface area contributed by atoms with Crippen LogP contribution in [-0.2, 0) is 6.54 Å². The van der Waals surface area contributed by atoms with Crippen molar-refractivity contribution >= 4 is 0 Å². The minimum atomic E-state index is 0.770. The summed E-state index contributed by atoms with van der Waals surface area (Å²) >= 11 is 0. The number of rotatable bonds is 18. The van der Waals surface area contributed by atoms with E-state index in [1.54, 1.807) is 6.20 Å². The molecule has 0 bridgehead atoms. The second-order valence-electron chi connectivity index (χ2n) is 8.24. The van der Waals surface area contributed by atoms with Crippen LogP contribution in [0.25, 0.3) is 11.5 Å². The van der Waals surface area contributed by atoms with Crippen molar-refractivity contribution in [1.82, 2.24) is 25.2 Å². The molecule has 0 radical (unpaired) electrons. The van der Waals surface area contributed by atoms with Gasteiger partial charge in [-0.25, -0.2) is 4.68 Å². The molecule has 0 aliphatic rings. The van der Waals surface area contributed by atoms with Crippen molar-refractivity contribution in [2.75, 3.05) is 0 Å². The molecule has 2 aromatic heterocycles. The van der Waals surface area contributed by atoms with Gasteiger partial charge in [-0.15, -0.1) is 5.10 Å². The zero-order valence-corrected chi connectivity index (χ0v) is 18.6. The molecule has 0 aliphatic heterocycles. The molecule has 0 amide bonds. The molecule has 0 saturated heterocycles. The zero-order valence-electron chi connectivity index (χ0n) is 18.6. The molecule has 0 saturated carbocycles. The first-order valence-electron chi connectivity index (χ1n) is 12.1. The highest BCUT2D eigenvalue weighted by Crippen LogP contribution is 2.15. The molecule has 2 heterocycles. The molecule has 0 unspecified atom stereocenters. The minimum absolute atomic E-state index is 0.770. The first-order chi connectivity index (χ1) is 14.4. The average Bonchev–Trinajstić information content (AvgIpc) is 3.22. The summed E-state index contributed by atoms with van der Waals surface area (Å²) in [5, 5.41) is 12.0. The van der Waals surface area contributed by atoms with Crippen molar-refractivity contribution in [2.45, 2.75) is 116 Å². The number of aryl methyl sites for hydroxylation is 1. The molecule has 0 aromatic carbocycles. The van der Waals surface area contributed by atoms with Gasteiger partial charge in [-0.2, -0.15) is 0 Å². The van der Waals surface area contributed by atoms with Crippen LogP contribution >= 0.6 is 0 Å². The summed E-state index contributed by atoms with van der Waals surface area (Å²) in [5.41, 5.74) is 0.842. The summed E-state index contributed by atoms with van der Waals surface area (Å²) in [6.45, 7) is 3.16. The third-order valence-corrected chi connectivity index (χ3v) is 5.65. The number of hydrogen-bond donors (Lipinski definition) is 0. The molecule has 0 spiro atoms. The first kappa shape index (κ1) is 23.5. The van der Waals surface area contributed by atoms with E-state index in [2.05, 4.69) is 27.4 Å². The summed E-state index contributed by atoms with van der Waals surface area (Å²) in [5.74, 6) is 0.770. The zero-order chi connectivity index (χ0) is 20.4. The van der Waals surface area contributed by atoms with E-state index in [0.717, 1.165) is 24.5 Å². The van der Waals surface area contributed by atoms with Gasteiger partial charge in [0.05, 0.1) is 0 Å². The fourth-order valence-corrected chi connectivity index (χ4v) is 3.84. The Bertz CT molecular complexity index is 611. The van der Waals surface area contributed by atoms with Crippen LogP contribution in [-0.4, -0.2) is 25.2 Å². The molecule has 0 N–H and O–H groups in total. The van der Waals surface area contributed by atoms with Crippen LogP contribution in [0.15, 0.2) is 24.4 Å². The van der Waals surface area contributed by atoms with Gasteiger partial charge in [0.25, 0.3) is 0 Å². The average molecular weight is 400 g/mol. The number of pyridine rings is 1. The topological polar surface area (TPSA) is 56.5 Å². The van der Waals surface area contributed by atoms with Gasteiger partial charge in [0, 0.05) is 12.7 Å². The highest BCUT2D eigenvalue weighted by molar-refractivity contribution is 5.47. The Morgan fingerprint density at radius 1 is 0.690 bits per heavy atom. The van der Waals surface area contributed by atoms with Crippen LogP contribution in [0.1, 0.15) is 110 Å². The van der Waals surface area contributed by atoms with Crippen LogP contribution in [0, 0.1) is 0 Å². The Hall–Kier alpha value is -1.78. The van der Waals surface area contributed by atoms with Gasteiger partial charge in [-0.3, -0.25) is 4.98 Å². The van der Waals surface area contributed by atoms with Crippen molar-refractivity contribution in [2.24, 2.45) is 0 Å². The second kappa shape index (κ2) is 16.1. The summed E-state index contributed by atoms with van der Waals surface area (Å²) in [6, 6.07) is 5.83. The Morgan fingerprint density at radius 2 is 1.24 bits per heavy atom. The fourth-order valence-electron chi connectivity index (χ4n) is 3.84. The lowest BCUT2D eigenvalue weighted by atomic mass is 10.0. The summed E-state index contributed by atoms with van der Waals surface area (Å²) in [7, 11) is 0. The van der Waals surface area contributed by atoms with Crippen LogP contribution in [0.2, 0.25) is 0 Å². The van der Waals surface area contributed by atoms with E-state index >= 15 is 0 Å². The molecule has 162 valence electrons.